The van der Waals surface area contributed by atoms with Crippen LogP contribution in [-0.2, 0) is 9.59 Å². The van der Waals surface area contributed by atoms with E-state index in [1.54, 1.807) is 9.80 Å². The molecular formula is C21H26N2O2S2. The topological polar surface area (TPSA) is 40.6 Å². The molecule has 0 bridgehead atoms. The summed E-state index contributed by atoms with van der Waals surface area (Å²) >= 11 is 6.72. The molecule has 2 aliphatic heterocycles. The number of hydrogen-bond acceptors (Lipinski definition) is 4. The summed E-state index contributed by atoms with van der Waals surface area (Å²) in [7, 11) is 0. The first-order valence-corrected chi connectivity index (χ1v) is 11.0. The van der Waals surface area contributed by atoms with E-state index in [2.05, 4.69) is 6.92 Å². The maximum absolute atomic E-state index is 13.0. The zero-order valence-corrected chi connectivity index (χ0v) is 17.6. The standard InChI is InChI=1S/C21H26N2O2S2/c1-3-5-6-7-8-11-14-23-20(25)18(27-21(23)26)17-15-12-9-10-13-16(15)22(4-2)19(17)24/h9-10,12-13H,3-8,11,14H2,1-2H3/b18-17+. The highest BCUT2D eigenvalue weighted by Gasteiger charge is 2.41. The third kappa shape index (κ3) is 3.97. The van der Waals surface area contributed by atoms with Crippen molar-refractivity contribution in [3.05, 3.63) is 34.7 Å². The van der Waals surface area contributed by atoms with Gasteiger partial charge in [0.1, 0.15) is 4.32 Å². The molecule has 0 N–H and O–H groups in total. The van der Waals surface area contributed by atoms with Crippen molar-refractivity contribution in [3.8, 4) is 0 Å². The van der Waals surface area contributed by atoms with Crippen molar-refractivity contribution in [1.82, 2.24) is 4.90 Å². The van der Waals surface area contributed by atoms with Crippen LogP contribution in [0.5, 0.6) is 0 Å². The summed E-state index contributed by atoms with van der Waals surface area (Å²) in [6.45, 7) is 5.37. The molecule has 1 fully saturated rings. The number of hydrogen-bond donors (Lipinski definition) is 0. The van der Waals surface area contributed by atoms with Crippen molar-refractivity contribution in [2.45, 2.75) is 52.4 Å². The van der Waals surface area contributed by atoms with E-state index < -0.39 is 0 Å². The maximum atomic E-state index is 13.0. The molecule has 2 aliphatic rings. The van der Waals surface area contributed by atoms with Crippen LogP contribution in [0.3, 0.4) is 0 Å². The Labute approximate surface area is 171 Å². The number of amides is 2. The highest BCUT2D eigenvalue weighted by atomic mass is 32.2. The van der Waals surface area contributed by atoms with Crippen LogP contribution < -0.4 is 4.90 Å². The number of carbonyl (C=O) groups excluding carboxylic acids is 2. The number of anilines is 1. The van der Waals surface area contributed by atoms with Gasteiger partial charge in [-0.05, 0) is 19.4 Å². The molecule has 3 rings (SSSR count). The fourth-order valence-corrected chi connectivity index (χ4v) is 4.99. The predicted molar refractivity (Wildman–Crippen MR) is 117 cm³/mol. The van der Waals surface area contributed by atoms with Gasteiger partial charge in [-0.25, -0.2) is 0 Å². The van der Waals surface area contributed by atoms with Gasteiger partial charge in [-0.1, -0.05) is 81.2 Å². The minimum Gasteiger partial charge on any atom is -0.308 e. The molecular weight excluding hydrogens is 376 g/mol. The van der Waals surface area contributed by atoms with Gasteiger partial charge in [-0.15, -0.1) is 0 Å². The molecule has 2 heterocycles. The maximum Gasteiger partial charge on any atom is 0.267 e. The van der Waals surface area contributed by atoms with Crippen molar-refractivity contribution < 1.29 is 9.59 Å². The molecule has 6 heteroatoms. The minimum absolute atomic E-state index is 0.0984. The molecule has 0 aliphatic carbocycles. The Morgan fingerprint density at radius 2 is 1.63 bits per heavy atom. The van der Waals surface area contributed by atoms with Crippen molar-refractivity contribution in [2.75, 3.05) is 18.0 Å². The van der Waals surface area contributed by atoms with Gasteiger partial charge >= 0.3 is 0 Å². The highest BCUT2D eigenvalue weighted by Crippen LogP contribution is 2.44. The third-order valence-electron chi connectivity index (χ3n) is 5.05. The Morgan fingerprint density at radius 1 is 0.926 bits per heavy atom. The number of thiocarbonyl (C=S) groups is 1. The number of thioether (sulfide) groups is 1. The first-order valence-electron chi connectivity index (χ1n) is 9.79. The molecule has 0 radical (unpaired) electrons. The van der Waals surface area contributed by atoms with Gasteiger partial charge in [-0.2, -0.15) is 0 Å². The minimum atomic E-state index is -0.116. The number of para-hydroxylation sites is 1. The third-order valence-corrected chi connectivity index (χ3v) is 6.50. The molecule has 0 unspecified atom stereocenters. The van der Waals surface area contributed by atoms with E-state index in [0.29, 0.717) is 27.9 Å². The lowest BCUT2D eigenvalue weighted by Crippen LogP contribution is -2.30. The number of unbranched alkanes of at least 4 members (excludes halogenated alkanes) is 5. The summed E-state index contributed by atoms with van der Waals surface area (Å²) in [6.07, 6.45) is 6.99. The predicted octanol–water partition coefficient (Wildman–Crippen LogP) is 4.99. The van der Waals surface area contributed by atoms with Crippen molar-refractivity contribution >= 4 is 51.4 Å². The first kappa shape index (κ1) is 20.1. The second kappa shape index (κ2) is 9.02. The second-order valence-electron chi connectivity index (χ2n) is 6.86. The number of nitrogens with zero attached hydrogens (tertiary/aromatic N) is 2. The van der Waals surface area contributed by atoms with E-state index >= 15 is 0 Å². The zero-order chi connectivity index (χ0) is 19.4. The molecule has 1 aromatic rings. The highest BCUT2D eigenvalue weighted by molar-refractivity contribution is 8.26. The quantitative estimate of drug-likeness (QED) is 0.349. The Balaban J connectivity index is 1.77. The summed E-state index contributed by atoms with van der Waals surface area (Å²) in [5.41, 5.74) is 2.22. The van der Waals surface area contributed by atoms with Gasteiger partial charge in [0.2, 0.25) is 0 Å². The Hall–Kier alpha value is -1.66. The van der Waals surface area contributed by atoms with Crippen molar-refractivity contribution in [3.63, 3.8) is 0 Å². The van der Waals surface area contributed by atoms with Gasteiger partial charge in [0, 0.05) is 18.7 Å². The lowest BCUT2D eigenvalue weighted by atomic mass is 10.1. The number of carbonyl (C=O) groups is 2. The lowest BCUT2D eigenvalue weighted by Gasteiger charge is -2.14. The van der Waals surface area contributed by atoms with Crippen LogP contribution in [-0.4, -0.2) is 34.1 Å². The van der Waals surface area contributed by atoms with E-state index in [1.165, 1.54) is 37.4 Å². The summed E-state index contributed by atoms with van der Waals surface area (Å²) in [6, 6.07) is 7.67. The van der Waals surface area contributed by atoms with Gasteiger partial charge in [0.25, 0.3) is 11.8 Å². The van der Waals surface area contributed by atoms with Crippen LogP contribution in [0.2, 0.25) is 0 Å². The summed E-state index contributed by atoms with van der Waals surface area (Å²) in [5, 5.41) is 0. The van der Waals surface area contributed by atoms with E-state index in [0.717, 1.165) is 24.1 Å². The van der Waals surface area contributed by atoms with Gasteiger partial charge in [0.05, 0.1) is 16.2 Å². The van der Waals surface area contributed by atoms with Crippen LogP contribution in [0.4, 0.5) is 5.69 Å². The molecule has 0 aromatic heterocycles. The number of likely N-dealkylation sites (N-methyl/N-ethyl adjacent to an activating group) is 1. The molecule has 4 nitrogen and oxygen atoms in total. The Morgan fingerprint density at radius 3 is 2.37 bits per heavy atom. The van der Waals surface area contributed by atoms with Crippen molar-refractivity contribution in [1.29, 1.82) is 0 Å². The van der Waals surface area contributed by atoms with Crippen LogP contribution in [0.15, 0.2) is 29.2 Å². The zero-order valence-electron chi connectivity index (χ0n) is 16.0. The fourth-order valence-electron chi connectivity index (χ4n) is 3.61. The molecule has 1 aromatic carbocycles. The number of benzene rings is 1. The van der Waals surface area contributed by atoms with Gasteiger partial charge in [-0.3, -0.25) is 14.5 Å². The monoisotopic (exact) mass is 402 g/mol. The number of fused-ring (bicyclic) bond motifs is 1. The summed E-state index contributed by atoms with van der Waals surface area (Å²) in [4.78, 5) is 29.8. The van der Waals surface area contributed by atoms with Crippen LogP contribution in [0.1, 0.15) is 57.9 Å². The van der Waals surface area contributed by atoms with E-state index in [1.807, 2.05) is 31.2 Å². The van der Waals surface area contributed by atoms with Gasteiger partial charge < -0.3 is 4.90 Å². The fraction of sp³-hybridized carbons (Fsp3) is 0.476. The average molecular weight is 403 g/mol. The van der Waals surface area contributed by atoms with Crippen LogP contribution in [0.25, 0.3) is 5.57 Å². The largest absolute Gasteiger partial charge is 0.308 e. The normalized spacial score (nSPS) is 19.4. The van der Waals surface area contributed by atoms with Gasteiger partial charge in [0.15, 0.2) is 0 Å². The smallest absolute Gasteiger partial charge is 0.267 e. The molecule has 2 amide bonds. The van der Waals surface area contributed by atoms with Crippen LogP contribution in [0, 0.1) is 0 Å². The second-order valence-corrected chi connectivity index (χ2v) is 8.51. The van der Waals surface area contributed by atoms with Crippen molar-refractivity contribution in [2.24, 2.45) is 0 Å². The van der Waals surface area contributed by atoms with E-state index in [4.69, 9.17) is 12.2 Å². The van der Waals surface area contributed by atoms with Crippen LogP contribution >= 0.6 is 24.0 Å². The van der Waals surface area contributed by atoms with E-state index in [-0.39, 0.29) is 11.8 Å². The molecule has 0 spiro atoms. The molecule has 0 saturated carbocycles. The Kier molecular flexibility index (Phi) is 6.71. The SMILES string of the molecule is CCCCCCCCN1C(=O)/C(=C2\C(=O)N(CC)c3ccccc32)SC1=S. The number of rotatable bonds is 8. The molecule has 144 valence electrons. The Bertz CT molecular complexity index is 788. The molecule has 27 heavy (non-hydrogen) atoms. The average Bonchev–Trinajstić information content (AvgIpc) is 3.10. The summed E-state index contributed by atoms with van der Waals surface area (Å²) < 4.78 is 0.566. The molecule has 1 saturated heterocycles. The first-order chi connectivity index (χ1) is 13.1. The molecule has 0 atom stereocenters. The summed E-state index contributed by atoms with van der Waals surface area (Å²) in [5.74, 6) is -0.214. The lowest BCUT2D eigenvalue weighted by molar-refractivity contribution is -0.122. The van der Waals surface area contributed by atoms with E-state index in [9.17, 15) is 9.59 Å².